The van der Waals surface area contributed by atoms with Crippen molar-refractivity contribution in [2.24, 2.45) is 0 Å². The van der Waals surface area contributed by atoms with E-state index in [2.05, 4.69) is 15.4 Å². The number of carbonyl (C=O) groups is 1. The zero-order chi connectivity index (χ0) is 12.3. The molecule has 0 aliphatic carbocycles. The summed E-state index contributed by atoms with van der Waals surface area (Å²) in [4.78, 5) is 15.5. The van der Waals surface area contributed by atoms with E-state index in [4.69, 9.17) is 5.73 Å². The summed E-state index contributed by atoms with van der Waals surface area (Å²) >= 11 is 0. The molecule has 3 N–H and O–H groups in total. The van der Waals surface area contributed by atoms with Gasteiger partial charge in [0, 0.05) is 11.4 Å². The number of hydrogen-bond acceptors (Lipinski definition) is 4. The maximum absolute atomic E-state index is 11.7. The molecule has 1 aromatic heterocycles. The molecule has 0 aliphatic heterocycles. The number of aryl methyl sites for hydroxylation is 1. The molecule has 0 spiro atoms. The number of nitrogen functional groups attached to an aromatic ring is 1. The van der Waals surface area contributed by atoms with Crippen molar-refractivity contribution >= 4 is 17.3 Å². The van der Waals surface area contributed by atoms with Crippen molar-refractivity contribution in [3.63, 3.8) is 0 Å². The predicted octanol–water partition coefficient (Wildman–Crippen LogP) is 0.807. The van der Waals surface area contributed by atoms with Crippen LogP contribution in [0.3, 0.4) is 0 Å². The van der Waals surface area contributed by atoms with Crippen molar-refractivity contribution in [2.45, 2.75) is 13.5 Å². The van der Waals surface area contributed by atoms with E-state index in [1.807, 2.05) is 13.0 Å². The van der Waals surface area contributed by atoms with Crippen LogP contribution in [-0.2, 0) is 11.3 Å². The van der Waals surface area contributed by atoms with E-state index >= 15 is 0 Å². The largest absolute Gasteiger partial charge is 0.399 e. The summed E-state index contributed by atoms with van der Waals surface area (Å²) in [6, 6.07) is 5.34. The Kier molecular flexibility index (Phi) is 3.04. The Labute approximate surface area is 98.5 Å². The Morgan fingerprint density at radius 3 is 3.00 bits per heavy atom. The lowest BCUT2D eigenvalue weighted by atomic mass is 10.2. The first-order valence-corrected chi connectivity index (χ1v) is 5.13. The van der Waals surface area contributed by atoms with Gasteiger partial charge < -0.3 is 11.1 Å². The van der Waals surface area contributed by atoms with Gasteiger partial charge >= 0.3 is 0 Å². The summed E-state index contributed by atoms with van der Waals surface area (Å²) in [6.07, 6.45) is 2.89. The van der Waals surface area contributed by atoms with E-state index in [1.165, 1.54) is 17.3 Å². The van der Waals surface area contributed by atoms with Gasteiger partial charge in [-0.1, -0.05) is 0 Å². The summed E-state index contributed by atoms with van der Waals surface area (Å²) in [5.41, 5.74) is 7.99. The second-order valence-electron chi connectivity index (χ2n) is 3.72. The fourth-order valence-corrected chi connectivity index (χ4v) is 1.48. The number of carbonyl (C=O) groups excluding carboxylic acids is 1. The third-order valence-electron chi connectivity index (χ3n) is 2.30. The number of rotatable bonds is 3. The Morgan fingerprint density at radius 2 is 2.35 bits per heavy atom. The lowest BCUT2D eigenvalue weighted by molar-refractivity contribution is -0.116. The third kappa shape index (κ3) is 2.81. The van der Waals surface area contributed by atoms with Crippen LogP contribution in [0.4, 0.5) is 11.4 Å². The minimum absolute atomic E-state index is 0.143. The number of benzene rings is 1. The third-order valence-corrected chi connectivity index (χ3v) is 2.30. The maximum Gasteiger partial charge on any atom is 0.246 e. The molecule has 0 bridgehead atoms. The van der Waals surface area contributed by atoms with Gasteiger partial charge in [0.15, 0.2) is 0 Å². The summed E-state index contributed by atoms with van der Waals surface area (Å²) in [5, 5.41) is 6.65. The average molecular weight is 231 g/mol. The number of aromatic nitrogens is 3. The molecule has 2 rings (SSSR count). The van der Waals surface area contributed by atoms with Crippen LogP contribution < -0.4 is 11.1 Å². The van der Waals surface area contributed by atoms with Gasteiger partial charge in [0.2, 0.25) is 5.91 Å². The Balaban J connectivity index is 2.03. The first kappa shape index (κ1) is 11.1. The summed E-state index contributed by atoms with van der Waals surface area (Å²) in [6.45, 7) is 2.03. The lowest BCUT2D eigenvalue weighted by Crippen LogP contribution is -2.19. The minimum Gasteiger partial charge on any atom is -0.399 e. The highest BCUT2D eigenvalue weighted by Gasteiger charge is 2.05. The monoisotopic (exact) mass is 231 g/mol. The molecule has 17 heavy (non-hydrogen) atoms. The molecule has 0 saturated carbocycles. The first-order chi connectivity index (χ1) is 8.15. The SMILES string of the molecule is Cc1cc(N)ccc1NC(=O)Cn1cncn1. The van der Waals surface area contributed by atoms with Crippen LogP contribution in [0.25, 0.3) is 0 Å². The van der Waals surface area contributed by atoms with Crippen molar-refractivity contribution in [2.75, 3.05) is 11.1 Å². The van der Waals surface area contributed by atoms with Crippen molar-refractivity contribution in [3.05, 3.63) is 36.4 Å². The van der Waals surface area contributed by atoms with E-state index in [1.54, 1.807) is 12.1 Å². The predicted molar refractivity (Wildman–Crippen MR) is 64.2 cm³/mol. The number of nitrogens with zero attached hydrogens (tertiary/aromatic N) is 3. The molecule has 88 valence electrons. The molecular weight excluding hydrogens is 218 g/mol. The number of nitrogens with one attached hydrogen (secondary N) is 1. The lowest BCUT2D eigenvalue weighted by Gasteiger charge is -2.08. The van der Waals surface area contributed by atoms with Crippen molar-refractivity contribution in [1.82, 2.24) is 14.8 Å². The van der Waals surface area contributed by atoms with Crippen LogP contribution in [0, 0.1) is 6.92 Å². The zero-order valence-corrected chi connectivity index (χ0v) is 9.42. The van der Waals surface area contributed by atoms with Gasteiger partial charge in [-0.2, -0.15) is 5.10 Å². The van der Waals surface area contributed by atoms with Gasteiger partial charge in [-0.3, -0.25) is 4.79 Å². The number of anilines is 2. The Hall–Kier alpha value is -2.37. The molecule has 2 aromatic rings. The number of nitrogens with two attached hydrogens (primary N) is 1. The van der Waals surface area contributed by atoms with Gasteiger partial charge in [0.1, 0.15) is 19.2 Å². The second kappa shape index (κ2) is 4.65. The van der Waals surface area contributed by atoms with Crippen molar-refractivity contribution in [3.8, 4) is 0 Å². The topological polar surface area (TPSA) is 85.8 Å². The van der Waals surface area contributed by atoms with Crippen LogP contribution >= 0.6 is 0 Å². The van der Waals surface area contributed by atoms with Crippen LogP contribution in [0.15, 0.2) is 30.9 Å². The molecule has 0 atom stereocenters. The molecule has 1 heterocycles. The number of hydrogen-bond donors (Lipinski definition) is 2. The molecule has 1 amide bonds. The smallest absolute Gasteiger partial charge is 0.246 e. The van der Waals surface area contributed by atoms with E-state index in [0.29, 0.717) is 5.69 Å². The van der Waals surface area contributed by atoms with E-state index in [9.17, 15) is 4.79 Å². The maximum atomic E-state index is 11.7. The first-order valence-electron chi connectivity index (χ1n) is 5.13. The van der Waals surface area contributed by atoms with Gasteiger partial charge in [-0.25, -0.2) is 9.67 Å². The van der Waals surface area contributed by atoms with Gasteiger partial charge in [0.25, 0.3) is 0 Å². The van der Waals surface area contributed by atoms with E-state index < -0.39 is 0 Å². The van der Waals surface area contributed by atoms with E-state index in [-0.39, 0.29) is 12.5 Å². The molecule has 1 aromatic carbocycles. The Morgan fingerprint density at radius 1 is 1.53 bits per heavy atom. The minimum atomic E-state index is -0.150. The molecule has 0 radical (unpaired) electrons. The molecular formula is C11H13N5O. The highest BCUT2D eigenvalue weighted by atomic mass is 16.2. The van der Waals surface area contributed by atoms with Crippen molar-refractivity contribution < 1.29 is 4.79 Å². The normalized spacial score (nSPS) is 10.2. The molecule has 6 nitrogen and oxygen atoms in total. The standard InChI is InChI=1S/C11H13N5O/c1-8-4-9(12)2-3-10(8)15-11(17)5-16-7-13-6-14-16/h2-4,6-7H,5,12H2,1H3,(H,15,17). The quantitative estimate of drug-likeness (QED) is 0.765. The summed E-state index contributed by atoms with van der Waals surface area (Å²) < 4.78 is 1.46. The van der Waals surface area contributed by atoms with Gasteiger partial charge in [-0.05, 0) is 30.7 Å². The number of amides is 1. The van der Waals surface area contributed by atoms with Crippen LogP contribution in [0.2, 0.25) is 0 Å². The average Bonchev–Trinajstić information content (AvgIpc) is 2.75. The van der Waals surface area contributed by atoms with Crippen molar-refractivity contribution in [1.29, 1.82) is 0 Å². The molecule has 0 aliphatic rings. The van der Waals surface area contributed by atoms with Crippen LogP contribution in [0.1, 0.15) is 5.56 Å². The Bertz CT molecular complexity index is 521. The zero-order valence-electron chi connectivity index (χ0n) is 9.42. The molecule has 6 heteroatoms. The fourth-order valence-electron chi connectivity index (χ4n) is 1.48. The molecule has 0 fully saturated rings. The highest BCUT2D eigenvalue weighted by Crippen LogP contribution is 2.17. The summed E-state index contributed by atoms with van der Waals surface area (Å²) in [7, 11) is 0. The summed E-state index contributed by atoms with van der Waals surface area (Å²) in [5.74, 6) is -0.150. The van der Waals surface area contributed by atoms with E-state index in [0.717, 1.165) is 11.3 Å². The highest BCUT2D eigenvalue weighted by molar-refractivity contribution is 5.91. The molecule has 0 saturated heterocycles. The van der Waals surface area contributed by atoms with Gasteiger partial charge in [-0.15, -0.1) is 0 Å². The fraction of sp³-hybridized carbons (Fsp3) is 0.182. The molecule has 0 unspecified atom stereocenters. The van der Waals surface area contributed by atoms with Crippen LogP contribution in [-0.4, -0.2) is 20.7 Å². The second-order valence-corrected chi connectivity index (χ2v) is 3.72. The van der Waals surface area contributed by atoms with Crippen LogP contribution in [0.5, 0.6) is 0 Å². The van der Waals surface area contributed by atoms with Gasteiger partial charge in [0.05, 0.1) is 0 Å².